The van der Waals surface area contributed by atoms with Gasteiger partial charge in [0.25, 0.3) is 0 Å². The molecule has 0 spiro atoms. The number of aromatic nitrogens is 2. The third kappa shape index (κ3) is 4.64. The van der Waals surface area contributed by atoms with Crippen LogP contribution in [0.2, 0.25) is 0 Å². The largest absolute Gasteiger partial charge is 0.481 e. The van der Waals surface area contributed by atoms with E-state index in [9.17, 15) is 4.79 Å². The highest BCUT2D eigenvalue weighted by Gasteiger charge is 2.08. The number of carboxylic acids is 1. The van der Waals surface area contributed by atoms with Gasteiger partial charge in [-0.25, -0.2) is 0 Å². The van der Waals surface area contributed by atoms with Crippen molar-refractivity contribution in [3.05, 3.63) is 40.5 Å². The maximum absolute atomic E-state index is 10.4. The second-order valence-electron chi connectivity index (χ2n) is 4.07. The first-order valence-electron chi connectivity index (χ1n) is 6.06. The first kappa shape index (κ1) is 15.1. The van der Waals surface area contributed by atoms with Crippen LogP contribution in [-0.2, 0) is 17.0 Å². The molecule has 0 atom stereocenters. The highest BCUT2D eigenvalue weighted by molar-refractivity contribution is 9.10. The molecule has 20 heavy (non-hydrogen) atoms. The molecule has 2 rings (SSSR count). The Balaban J connectivity index is 1.84. The Labute approximate surface area is 128 Å². The van der Waals surface area contributed by atoms with Gasteiger partial charge in [0.1, 0.15) is 0 Å². The molecule has 0 radical (unpaired) electrons. The molecule has 0 aliphatic carbocycles. The number of thioether (sulfide) groups is 1. The summed E-state index contributed by atoms with van der Waals surface area (Å²) in [7, 11) is 0. The normalized spacial score (nSPS) is 10.7. The Kier molecular flexibility index (Phi) is 5.60. The van der Waals surface area contributed by atoms with E-state index in [1.54, 1.807) is 11.8 Å². The topological polar surface area (TPSA) is 76.2 Å². The molecule has 0 fully saturated rings. The fourth-order valence-corrected chi connectivity index (χ4v) is 2.96. The zero-order valence-corrected chi connectivity index (χ0v) is 13.0. The Morgan fingerprint density at radius 2 is 2.20 bits per heavy atom. The van der Waals surface area contributed by atoms with Crippen molar-refractivity contribution in [3.8, 4) is 0 Å². The van der Waals surface area contributed by atoms with Gasteiger partial charge in [-0.3, -0.25) is 4.79 Å². The number of hydrogen-bond donors (Lipinski definition) is 1. The zero-order valence-electron chi connectivity index (χ0n) is 10.6. The van der Waals surface area contributed by atoms with Crippen LogP contribution >= 0.6 is 27.7 Å². The van der Waals surface area contributed by atoms with Crippen LogP contribution in [0.3, 0.4) is 0 Å². The highest BCUT2D eigenvalue weighted by Crippen LogP contribution is 2.28. The number of aryl methyl sites for hydroxylation is 1. The lowest BCUT2D eigenvalue weighted by molar-refractivity contribution is -0.137. The molecule has 0 amide bonds. The van der Waals surface area contributed by atoms with Crippen molar-refractivity contribution in [3.63, 3.8) is 0 Å². The van der Waals surface area contributed by atoms with E-state index in [1.807, 2.05) is 24.3 Å². The number of hydrogen-bond acceptors (Lipinski definition) is 5. The van der Waals surface area contributed by atoms with Crippen LogP contribution in [0.5, 0.6) is 0 Å². The number of carbonyl (C=O) groups is 1. The second kappa shape index (κ2) is 7.44. The van der Waals surface area contributed by atoms with Crippen LogP contribution in [0.1, 0.15) is 24.6 Å². The molecule has 0 aliphatic rings. The molecule has 1 aromatic heterocycles. The summed E-state index contributed by atoms with van der Waals surface area (Å²) in [4.78, 5) is 15.8. The van der Waals surface area contributed by atoms with Gasteiger partial charge in [0, 0.05) is 22.2 Å². The number of carboxylic acid groups (broad SMARTS) is 1. The van der Waals surface area contributed by atoms with Crippen LogP contribution in [0.25, 0.3) is 0 Å². The average molecular weight is 357 g/mol. The van der Waals surface area contributed by atoms with Crippen LogP contribution in [0.4, 0.5) is 0 Å². The molecule has 0 unspecified atom stereocenters. The highest BCUT2D eigenvalue weighted by atomic mass is 79.9. The van der Waals surface area contributed by atoms with Gasteiger partial charge < -0.3 is 9.63 Å². The fraction of sp³-hybridized carbons (Fsp3) is 0.308. The molecule has 0 bridgehead atoms. The first-order valence-corrected chi connectivity index (χ1v) is 7.83. The molecule has 5 nitrogen and oxygen atoms in total. The monoisotopic (exact) mass is 356 g/mol. The van der Waals surface area contributed by atoms with E-state index in [-0.39, 0.29) is 6.42 Å². The van der Waals surface area contributed by atoms with Gasteiger partial charge in [0.15, 0.2) is 5.82 Å². The van der Waals surface area contributed by atoms with E-state index in [1.165, 1.54) is 0 Å². The summed E-state index contributed by atoms with van der Waals surface area (Å²) in [5.74, 6) is 0.921. The summed E-state index contributed by atoms with van der Waals surface area (Å²) in [6, 6.07) is 7.93. The Morgan fingerprint density at radius 3 is 2.95 bits per heavy atom. The quantitative estimate of drug-likeness (QED) is 0.764. The number of rotatable bonds is 7. The van der Waals surface area contributed by atoms with Crippen molar-refractivity contribution in [2.75, 3.05) is 0 Å². The lowest BCUT2D eigenvalue weighted by atomic mass is 10.2. The van der Waals surface area contributed by atoms with Crippen molar-refractivity contribution >= 4 is 33.7 Å². The summed E-state index contributed by atoms with van der Waals surface area (Å²) in [5, 5.41) is 12.4. The van der Waals surface area contributed by atoms with E-state index >= 15 is 0 Å². The van der Waals surface area contributed by atoms with Crippen molar-refractivity contribution in [1.29, 1.82) is 0 Å². The molecule has 0 aliphatic heterocycles. The molecule has 1 aromatic carbocycles. The Hall–Kier alpha value is -1.34. The molecule has 7 heteroatoms. The summed E-state index contributed by atoms with van der Waals surface area (Å²) in [6.07, 6.45) is 1.12. The third-order valence-corrected chi connectivity index (χ3v) is 4.51. The van der Waals surface area contributed by atoms with E-state index in [2.05, 4.69) is 26.1 Å². The van der Waals surface area contributed by atoms with Crippen LogP contribution in [-0.4, -0.2) is 21.2 Å². The van der Waals surface area contributed by atoms with Gasteiger partial charge >= 0.3 is 5.97 Å². The van der Waals surface area contributed by atoms with Crippen molar-refractivity contribution < 1.29 is 14.4 Å². The van der Waals surface area contributed by atoms with E-state index < -0.39 is 5.97 Å². The minimum absolute atomic E-state index is 0.115. The minimum Gasteiger partial charge on any atom is -0.481 e. The van der Waals surface area contributed by atoms with Gasteiger partial charge in [-0.2, -0.15) is 4.98 Å². The Bertz CT molecular complexity index is 589. The molecule has 1 heterocycles. The van der Waals surface area contributed by atoms with Crippen LogP contribution in [0.15, 0.2) is 38.2 Å². The van der Waals surface area contributed by atoms with E-state index in [0.717, 1.165) is 9.37 Å². The molecule has 0 saturated heterocycles. The van der Waals surface area contributed by atoms with Crippen LogP contribution in [0, 0.1) is 0 Å². The summed E-state index contributed by atoms with van der Waals surface area (Å²) < 4.78 is 6.12. The van der Waals surface area contributed by atoms with Crippen LogP contribution < -0.4 is 0 Å². The summed E-state index contributed by atoms with van der Waals surface area (Å²) in [6.45, 7) is 0. The number of benzene rings is 1. The van der Waals surface area contributed by atoms with Crippen molar-refractivity contribution in [2.45, 2.75) is 29.9 Å². The van der Waals surface area contributed by atoms with Gasteiger partial charge in [0.2, 0.25) is 5.89 Å². The standard InChI is InChI=1S/C13H13BrN2O3S/c14-9-4-1-2-5-10(9)20-8-11-15-12(19-16-11)6-3-7-13(17)18/h1-2,4-5H,3,6-8H2,(H,17,18). The second-order valence-corrected chi connectivity index (χ2v) is 5.94. The lowest BCUT2D eigenvalue weighted by Gasteiger charge is -2.00. The van der Waals surface area contributed by atoms with Crippen molar-refractivity contribution in [1.82, 2.24) is 10.1 Å². The molecule has 0 saturated carbocycles. The zero-order chi connectivity index (χ0) is 14.4. The number of nitrogens with zero attached hydrogens (tertiary/aromatic N) is 2. The summed E-state index contributed by atoms with van der Waals surface area (Å²) >= 11 is 5.10. The van der Waals surface area contributed by atoms with Gasteiger partial charge in [0.05, 0.1) is 5.75 Å². The maximum atomic E-state index is 10.4. The summed E-state index contributed by atoms with van der Waals surface area (Å²) in [5.41, 5.74) is 0. The fourth-order valence-electron chi connectivity index (χ4n) is 1.55. The third-order valence-electron chi connectivity index (χ3n) is 2.48. The van der Waals surface area contributed by atoms with Crippen molar-refractivity contribution in [2.24, 2.45) is 0 Å². The lowest BCUT2D eigenvalue weighted by Crippen LogP contribution is -1.96. The first-order chi connectivity index (χ1) is 9.65. The molecular formula is C13H13BrN2O3S. The molecular weight excluding hydrogens is 344 g/mol. The minimum atomic E-state index is -0.811. The number of aliphatic carboxylic acids is 1. The maximum Gasteiger partial charge on any atom is 0.303 e. The Morgan fingerprint density at radius 1 is 1.40 bits per heavy atom. The predicted molar refractivity (Wildman–Crippen MR) is 78.6 cm³/mol. The SMILES string of the molecule is O=C(O)CCCc1nc(CSc2ccccc2Br)no1. The average Bonchev–Trinajstić information content (AvgIpc) is 2.85. The van der Waals surface area contributed by atoms with Gasteiger partial charge in [-0.15, -0.1) is 11.8 Å². The molecule has 1 N–H and O–H groups in total. The molecule has 106 valence electrons. The smallest absolute Gasteiger partial charge is 0.303 e. The predicted octanol–water partition coefficient (Wildman–Crippen LogP) is 3.53. The van der Waals surface area contributed by atoms with Gasteiger partial charge in [-0.1, -0.05) is 17.3 Å². The van der Waals surface area contributed by atoms with E-state index in [4.69, 9.17) is 9.63 Å². The number of halogens is 1. The van der Waals surface area contributed by atoms with Gasteiger partial charge in [-0.05, 0) is 34.5 Å². The van der Waals surface area contributed by atoms with E-state index in [0.29, 0.717) is 30.3 Å². The molecule has 2 aromatic rings.